The second-order valence-corrected chi connectivity index (χ2v) is 4.56. The zero-order chi connectivity index (χ0) is 14.3. The van der Waals surface area contributed by atoms with Gasteiger partial charge >= 0.3 is 6.03 Å². The van der Waals surface area contributed by atoms with Gasteiger partial charge in [0.2, 0.25) is 6.54 Å². The SMILES string of the molecule is CCc1cc[n+](CC(=O)NC(=O)N[C@@H](C)CC)cc1. The Kier molecular flexibility index (Phi) is 5.99. The van der Waals surface area contributed by atoms with E-state index in [0.29, 0.717) is 0 Å². The molecule has 5 nitrogen and oxygen atoms in total. The van der Waals surface area contributed by atoms with Crippen LogP contribution in [-0.2, 0) is 17.8 Å². The smallest absolute Gasteiger partial charge is 0.321 e. The molecule has 3 amide bonds. The second-order valence-electron chi connectivity index (χ2n) is 4.56. The molecule has 0 aromatic carbocycles. The van der Waals surface area contributed by atoms with Crippen molar-refractivity contribution in [3.63, 3.8) is 0 Å². The summed E-state index contributed by atoms with van der Waals surface area (Å²) in [5.74, 6) is -0.324. The first-order chi connectivity index (χ1) is 9.05. The third-order valence-corrected chi connectivity index (χ3v) is 2.94. The molecule has 5 heteroatoms. The minimum absolute atomic E-state index is 0.0595. The molecule has 1 atom stereocenters. The van der Waals surface area contributed by atoms with Crippen molar-refractivity contribution < 1.29 is 14.2 Å². The van der Waals surface area contributed by atoms with E-state index in [1.807, 2.05) is 38.4 Å². The van der Waals surface area contributed by atoms with Crippen LogP contribution < -0.4 is 15.2 Å². The van der Waals surface area contributed by atoms with E-state index < -0.39 is 6.03 Å². The lowest BCUT2D eigenvalue weighted by Crippen LogP contribution is -2.48. The second kappa shape index (κ2) is 7.51. The number of aromatic nitrogens is 1. The first-order valence-corrected chi connectivity index (χ1v) is 6.63. The van der Waals surface area contributed by atoms with Crippen LogP contribution in [0, 0.1) is 0 Å². The van der Waals surface area contributed by atoms with Crippen molar-refractivity contribution in [2.75, 3.05) is 0 Å². The van der Waals surface area contributed by atoms with Crippen LogP contribution in [0.4, 0.5) is 4.79 Å². The fraction of sp³-hybridized carbons (Fsp3) is 0.500. The zero-order valence-corrected chi connectivity index (χ0v) is 11.8. The van der Waals surface area contributed by atoms with Gasteiger partial charge in [0, 0.05) is 18.2 Å². The highest BCUT2D eigenvalue weighted by molar-refractivity contribution is 5.93. The van der Waals surface area contributed by atoms with E-state index in [2.05, 4.69) is 17.6 Å². The average Bonchev–Trinajstić information content (AvgIpc) is 2.39. The number of nitrogens with zero attached hydrogens (tertiary/aromatic N) is 1. The summed E-state index contributed by atoms with van der Waals surface area (Å²) in [6, 6.07) is 3.55. The van der Waals surface area contributed by atoms with Crippen LogP contribution in [0.15, 0.2) is 24.5 Å². The number of pyridine rings is 1. The van der Waals surface area contributed by atoms with E-state index >= 15 is 0 Å². The molecule has 0 bridgehead atoms. The monoisotopic (exact) mass is 264 g/mol. The minimum Gasteiger partial charge on any atom is -0.335 e. The molecule has 0 saturated heterocycles. The number of amides is 3. The van der Waals surface area contributed by atoms with Gasteiger partial charge in [-0.05, 0) is 25.3 Å². The van der Waals surface area contributed by atoms with Crippen LogP contribution in [0.1, 0.15) is 32.8 Å². The lowest BCUT2D eigenvalue weighted by atomic mass is 10.2. The number of carbonyl (C=O) groups excluding carboxylic acids is 2. The van der Waals surface area contributed by atoms with Gasteiger partial charge in [0.25, 0.3) is 5.91 Å². The summed E-state index contributed by atoms with van der Waals surface area (Å²) < 4.78 is 1.74. The molecule has 1 aromatic rings. The number of hydrogen-bond acceptors (Lipinski definition) is 2. The third kappa shape index (κ3) is 5.50. The van der Waals surface area contributed by atoms with Gasteiger partial charge in [0.15, 0.2) is 12.4 Å². The molecule has 0 aliphatic rings. The maximum Gasteiger partial charge on any atom is 0.321 e. The van der Waals surface area contributed by atoms with Crippen LogP contribution in [0.25, 0.3) is 0 Å². The van der Waals surface area contributed by atoms with E-state index in [4.69, 9.17) is 0 Å². The van der Waals surface area contributed by atoms with Gasteiger partial charge < -0.3 is 5.32 Å². The molecule has 1 heterocycles. The highest BCUT2D eigenvalue weighted by Gasteiger charge is 2.13. The zero-order valence-electron chi connectivity index (χ0n) is 11.8. The molecule has 0 unspecified atom stereocenters. The molecule has 1 aromatic heterocycles. The molecule has 0 radical (unpaired) electrons. The number of rotatable bonds is 5. The number of aryl methyl sites for hydroxylation is 1. The predicted molar refractivity (Wildman–Crippen MR) is 72.4 cm³/mol. The molecular formula is C14H22N3O2+. The van der Waals surface area contributed by atoms with E-state index in [-0.39, 0.29) is 18.5 Å². The number of urea groups is 1. The number of imide groups is 1. The molecule has 1 rings (SSSR count). The fourth-order valence-corrected chi connectivity index (χ4v) is 1.52. The molecule has 0 aliphatic carbocycles. The van der Waals surface area contributed by atoms with Crippen LogP contribution in [0.2, 0.25) is 0 Å². The van der Waals surface area contributed by atoms with Crippen molar-refractivity contribution in [2.45, 2.75) is 46.2 Å². The number of nitrogens with one attached hydrogen (secondary N) is 2. The van der Waals surface area contributed by atoms with Gasteiger partial charge in [-0.3, -0.25) is 10.1 Å². The summed E-state index contributed by atoms with van der Waals surface area (Å²) in [6.07, 6.45) is 5.47. The normalized spacial score (nSPS) is 11.7. The van der Waals surface area contributed by atoms with Crippen molar-refractivity contribution in [3.05, 3.63) is 30.1 Å². The lowest BCUT2D eigenvalue weighted by molar-refractivity contribution is -0.684. The maximum absolute atomic E-state index is 11.7. The van der Waals surface area contributed by atoms with Gasteiger partial charge in [0.05, 0.1) is 0 Å². The van der Waals surface area contributed by atoms with Gasteiger partial charge in [0.1, 0.15) is 0 Å². The van der Waals surface area contributed by atoms with Crippen molar-refractivity contribution in [3.8, 4) is 0 Å². The van der Waals surface area contributed by atoms with Gasteiger partial charge in [-0.15, -0.1) is 0 Å². The molecule has 104 valence electrons. The standard InChI is InChI=1S/C14H21N3O2/c1-4-11(3)15-14(19)16-13(18)10-17-8-6-12(5-2)7-9-17/h6-9,11H,4-5,10H2,1-3H3,(H-,15,16,18,19)/p+1/t11-/m0/s1. The third-order valence-electron chi connectivity index (χ3n) is 2.94. The molecule has 0 fully saturated rings. The first-order valence-electron chi connectivity index (χ1n) is 6.63. The van der Waals surface area contributed by atoms with Crippen LogP contribution in [0.5, 0.6) is 0 Å². The van der Waals surface area contributed by atoms with Gasteiger partial charge in [-0.25, -0.2) is 4.79 Å². The Labute approximate surface area is 114 Å². The Morgan fingerprint density at radius 1 is 1.26 bits per heavy atom. The summed E-state index contributed by atoms with van der Waals surface area (Å²) in [5, 5.41) is 5.00. The van der Waals surface area contributed by atoms with Crippen molar-refractivity contribution in [1.82, 2.24) is 10.6 Å². The largest absolute Gasteiger partial charge is 0.335 e. The molecule has 0 aliphatic heterocycles. The topological polar surface area (TPSA) is 62.1 Å². The average molecular weight is 264 g/mol. The number of hydrogen-bond donors (Lipinski definition) is 2. The number of carbonyl (C=O) groups is 2. The summed E-state index contributed by atoms with van der Waals surface area (Å²) in [5.41, 5.74) is 1.21. The Bertz CT molecular complexity index is 429. The summed E-state index contributed by atoms with van der Waals surface area (Å²) in [6.45, 7) is 6.07. The fourth-order valence-electron chi connectivity index (χ4n) is 1.52. The molecule has 2 N–H and O–H groups in total. The van der Waals surface area contributed by atoms with Crippen molar-refractivity contribution >= 4 is 11.9 Å². The van der Waals surface area contributed by atoms with E-state index in [1.54, 1.807) is 4.57 Å². The van der Waals surface area contributed by atoms with E-state index in [9.17, 15) is 9.59 Å². The minimum atomic E-state index is -0.440. The van der Waals surface area contributed by atoms with E-state index in [1.165, 1.54) is 5.56 Å². The highest BCUT2D eigenvalue weighted by atomic mass is 16.2. The Balaban J connectivity index is 2.43. The Morgan fingerprint density at radius 3 is 2.42 bits per heavy atom. The Hall–Kier alpha value is -1.91. The molecule has 0 spiro atoms. The van der Waals surface area contributed by atoms with Gasteiger partial charge in [-0.2, -0.15) is 4.57 Å². The predicted octanol–water partition coefficient (Wildman–Crippen LogP) is 1.16. The van der Waals surface area contributed by atoms with Crippen LogP contribution in [0.3, 0.4) is 0 Å². The first kappa shape index (κ1) is 15.1. The summed E-state index contributed by atoms with van der Waals surface area (Å²) >= 11 is 0. The lowest BCUT2D eigenvalue weighted by Gasteiger charge is -2.10. The van der Waals surface area contributed by atoms with E-state index in [0.717, 1.165) is 12.8 Å². The maximum atomic E-state index is 11.7. The molecule has 19 heavy (non-hydrogen) atoms. The highest BCUT2D eigenvalue weighted by Crippen LogP contribution is 1.94. The summed E-state index contributed by atoms with van der Waals surface area (Å²) in [7, 11) is 0. The van der Waals surface area contributed by atoms with Crippen molar-refractivity contribution in [1.29, 1.82) is 0 Å². The van der Waals surface area contributed by atoms with Gasteiger partial charge in [-0.1, -0.05) is 13.8 Å². The Morgan fingerprint density at radius 2 is 1.89 bits per heavy atom. The van der Waals surface area contributed by atoms with Crippen LogP contribution in [-0.4, -0.2) is 18.0 Å². The quantitative estimate of drug-likeness (QED) is 0.784. The van der Waals surface area contributed by atoms with Crippen LogP contribution >= 0.6 is 0 Å². The summed E-state index contributed by atoms with van der Waals surface area (Å²) in [4.78, 5) is 23.1. The van der Waals surface area contributed by atoms with Crippen molar-refractivity contribution in [2.24, 2.45) is 0 Å². The molecular weight excluding hydrogens is 242 g/mol. The molecule has 0 saturated carbocycles.